The Bertz CT molecular complexity index is 304. The van der Waals surface area contributed by atoms with Gasteiger partial charge in [0.15, 0.2) is 0 Å². The number of thiazole rings is 1. The van der Waals surface area contributed by atoms with Gasteiger partial charge in [-0.05, 0) is 25.2 Å². The summed E-state index contributed by atoms with van der Waals surface area (Å²) in [7, 11) is 0. The fourth-order valence-corrected chi connectivity index (χ4v) is 2.92. The fourth-order valence-electron chi connectivity index (χ4n) is 1.86. The number of ether oxygens (including phenoxy) is 1. The van der Waals surface area contributed by atoms with Gasteiger partial charge >= 0.3 is 0 Å². The predicted molar refractivity (Wildman–Crippen MR) is 63.6 cm³/mol. The van der Waals surface area contributed by atoms with Crippen LogP contribution in [-0.2, 0) is 4.74 Å². The van der Waals surface area contributed by atoms with E-state index in [4.69, 9.17) is 9.72 Å². The molecule has 2 nitrogen and oxygen atoms in total. The highest BCUT2D eigenvalue weighted by atomic mass is 32.1. The molecule has 2 heterocycles. The normalized spacial score (nSPS) is 24.0. The first kappa shape index (κ1) is 11.1. The van der Waals surface area contributed by atoms with Gasteiger partial charge < -0.3 is 4.74 Å². The van der Waals surface area contributed by atoms with Crippen molar-refractivity contribution in [2.75, 3.05) is 13.2 Å². The molecule has 0 radical (unpaired) electrons. The molecule has 0 spiro atoms. The summed E-state index contributed by atoms with van der Waals surface area (Å²) in [6.45, 7) is 6.26. The molecule has 0 bridgehead atoms. The molecular formula is C12H19NOS. The maximum absolute atomic E-state index is 5.50. The highest BCUT2D eigenvalue weighted by Crippen LogP contribution is 2.30. The van der Waals surface area contributed by atoms with Gasteiger partial charge in [0.05, 0.1) is 17.3 Å². The molecule has 1 fully saturated rings. The van der Waals surface area contributed by atoms with E-state index in [9.17, 15) is 0 Å². The molecule has 3 heteroatoms. The maximum Gasteiger partial charge on any atom is 0.0982 e. The Morgan fingerprint density at radius 2 is 2.53 bits per heavy atom. The van der Waals surface area contributed by atoms with Crippen LogP contribution in [-0.4, -0.2) is 18.2 Å². The smallest absolute Gasteiger partial charge is 0.0982 e. The lowest BCUT2D eigenvalue weighted by Gasteiger charge is -2.19. The Labute approximate surface area is 95.7 Å². The monoisotopic (exact) mass is 225 g/mol. The van der Waals surface area contributed by atoms with Crippen molar-refractivity contribution in [3.63, 3.8) is 0 Å². The lowest BCUT2D eigenvalue weighted by molar-refractivity contribution is 0.0803. The highest BCUT2D eigenvalue weighted by Gasteiger charge is 2.20. The summed E-state index contributed by atoms with van der Waals surface area (Å²) in [5.41, 5.74) is 1.27. The number of hydrogen-bond acceptors (Lipinski definition) is 3. The first-order chi connectivity index (χ1) is 7.31. The van der Waals surface area contributed by atoms with Crippen molar-refractivity contribution in [1.82, 2.24) is 4.98 Å². The summed E-state index contributed by atoms with van der Waals surface area (Å²) in [6, 6.07) is 0. The molecule has 1 aromatic heterocycles. The minimum atomic E-state index is 0.557. The molecule has 1 aliphatic rings. The lowest BCUT2D eigenvalue weighted by atomic mass is 10.0. The molecule has 0 N–H and O–H groups in total. The van der Waals surface area contributed by atoms with Crippen molar-refractivity contribution in [3.05, 3.63) is 16.1 Å². The van der Waals surface area contributed by atoms with Crippen LogP contribution >= 0.6 is 11.3 Å². The summed E-state index contributed by atoms with van der Waals surface area (Å²) < 4.78 is 5.50. The molecule has 15 heavy (non-hydrogen) atoms. The van der Waals surface area contributed by atoms with E-state index in [0.717, 1.165) is 13.2 Å². The van der Waals surface area contributed by atoms with Gasteiger partial charge in [-0.3, -0.25) is 0 Å². The van der Waals surface area contributed by atoms with Crippen molar-refractivity contribution in [1.29, 1.82) is 0 Å². The van der Waals surface area contributed by atoms with E-state index in [1.165, 1.54) is 30.0 Å². The van der Waals surface area contributed by atoms with Crippen molar-refractivity contribution in [2.24, 2.45) is 0 Å². The zero-order valence-corrected chi connectivity index (χ0v) is 10.3. The highest BCUT2D eigenvalue weighted by molar-refractivity contribution is 7.09. The molecule has 1 aromatic rings. The van der Waals surface area contributed by atoms with Crippen LogP contribution in [0.25, 0.3) is 0 Å². The van der Waals surface area contributed by atoms with Crippen molar-refractivity contribution in [3.8, 4) is 0 Å². The average Bonchev–Trinajstić information content (AvgIpc) is 2.78. The van der Waals surface area contributed by atoms with Gasteiger partial charge in [-0.15, -0.1) is 11.3 Å². The molecule has 0 aliphatic carbocycles. The van der Waals surface area contributed by atoms with Gasteiger partial charge in [0.2, 0.25) is 0 Å². The summed E-state index contributed by atoms with van der Waals surface area (Å²) >= 11 is 1.81. The minimum absolute atomic E-state index is 0.557. The van der Waals surface area contributed by atoms with Gasteiger partial charge in [-0.25, -0.2) is 4.98 Å². The van der Waals surface area contributed by atoms with Gasteiger partial charge in [0.1, 0.15) is 0 Å². The summed E-state index contributed by atoms with van der Waals surface area (Å²) in [6.07, 6.45) is 3.60. The van der Waals surface area contributed by atoms with Crippen molar-refractivity contribution in [2.45, 2.75) is 44.9 Å². The molecule has 2 unspecified atom stereocenters. The second-order valence-electron chi connectivity index (χ2n) is 4.33. The number of nitrogens with zero attached hydrogens (tertiary/aromatic N) is 1. The van der Waals surface area contributed by atoms with E-state index in [2.05, 4.69) is 19.2 Å². The third kappa shape index (κ3) is 2.58. The molecule has 2 atom stereocenters. The number of aromatic nitrogens is 1. The molecule has 0 amide bonds. The predicted octanol–water partition coefficient (Wildman–Crippen LogP) is 3.55. The van der Waals surface area contributed by atoms with Gasteiger partial charge in [0, 0.05) is 17.9 Å². The van der Waals surface area contributed by atoms with Crippen LogP contribution in [0.2, 0.25) is 0 Å². The van der Waals surface area contributed by atoms with E-state index in [-0.39, 0.29) is 0 Å². The van der Waals surface area contributed by atoms with Gasteiger partial charge in [-0.1, -0.05) is 13.8 Å². The largest absolute Gasteiger partial charge is 0.381 e. The summed E-state index contributed by atoms with van der Waals surface area (Å²) in [4.78, 5) is 4.74. The maximum atomic E-state index is 5.50. The Hall–Kier alpha value is -0.410. The Balaban J connectivity index is 2.05. The molecule has 0 saturated carbocycles. The second-order valence-corrected chi connectivity index (χ2v) is 5.22. The average molecular weight is 225 g/mol. The van der Waals surface area contributed by atoms with Crippen LogP contribution in [0.5, 0.6) is 0 Å². The van der Waals surface area contributed by atoms with E-state index in [0.29, 0.717) is 11.8 Å². The van der Waals surface area contributed by atoms with E-state index < -0.39 is 0 Å². The molecular weight excluding hydrogens is 206 g/mol. The zero-order chi connectivity index (χ0) is 10.7. The topological polar surface area (TPSA) is 22.1 Å². The number of hydrogen-bond donors (Lipinski definition) is 0. The summed E-state index contributed by atoms with van der Waals surface area (Å²) in [5.74, 6) is 1.15. The molecule has 1 aliphatic heterocycles. The van der Waals surface area contributed by atoms with Crippen LogP contribution in [0.1, 0.15) is 55.6 Å². The van der Waals surface area contributed by atoms with Gasteiger partial charge in [-0.2, -0.15) is 0 Å². The zero-order valence-electron chi connectivity index (χ0n) is 9.53. The lowest BCUT2D eigenvalue weighted by Crippen LogP contribution is -2.15. The fraction of sp³-hybridized carbons (Fsp3) is 0.750. The molecule has 1 saturated heterocycles. The first-order valence-electron chi connectivity index (χ1n) is 5.84. The number of rotatable bonds is 3. The van der Waals surface area contributed by atoms with E-state index in [1.807, 2.05) is 11.3 Å². The quantitative estimate of drug-likeness (QED) is 0.785. The molecule has 84 valence electrons. The Kier molecular flexibility index (Phi) is 3.76. The minimum Gasteiger partial charge on any atom is -0.381 e. The second kappa shape index (κ2) is 5.08. The van der Waals surface area contributed by atoms with E-state index >= 15 is 0 Å². The third-order valence-electron chi connectivity index (χ3n) is 3.17. The van der Waals surface area contributed by atoms with Gasteiger partial charge in [0.25, 0.3) is 0 Å². The van der Waals surface area contributed by atoms with Crippen LogP contribution in [0, 0.1) is 0 Å². The molecule has 2 rings (SSSR count). The molecule has 0 aromatic carbocycles. The Morgan fingerprint density at radius 1 is 1.67 bits per heavy atom. The first-order valence-corrected chi connectivity index (χ1v) is 6.72. The van der Waals surface area contributed by atoms with Crippen molar-refractivity contribution >= 4 is 11.3 Å². The van der Waals surface area contributed by atoms with Crippen molar-refractivity contribution < 1.29 is 4.74 Å². The standard InChI is InChI=1S/C12H19NOS/c1-3-9(2)11-8-15-12(13-11)10-5-4-6-14-7-10/h8-10H,3-7H2,1-2H3. The third-order valence-corrected chi connectivity index (χ3v) is 4.19. The van der Waals surface area contributed by atoms with Crippen LogP contribution in [0.15, 0.2) is 5.38 Å². The summed E-state index contributed by atoms with van der Waals surface area (Å²) in [5, 5.41) is 3.50. The van der Waals surface area contributed by atoms with Crippen LogP contribution in [0.3, 0.4) is 0 Å². The van der Waals surface area contributed by atoms with E-state index in [1.54, 1.807) is 0 Å². The SMILES string of the molecule is CCC(C)c1csc(C2CCCOC2)n1. The van der Waals surface area contributed by atoms with Crippen LogP contribution < -0.4 is 0 Å². The van der Waals surface area contributed by atoms with Crippen LogP contribution in [0.4, 0.5) is 0 Å². The Morgan fingerprint density at radius 3 is 3.20 bits per heavy atom.